The maximum absolute atomic E-state index is 11.4. The Morgan fingerprint density at radius 2 is 2.16 bits per heavy atom. The van der Waals surface area contributed by atoms with Gasteiger partial charge < -0.3 is 14.7 Å². The van der Waals surface area contributed by atoms with E-state index in [1.165, 1.54) is 0 Å². The second kappa shape index (κ2) is 7.36. The topological polar surface area (TPSA) is 49.8 Å². The molecule has 19 heavy (non-hydrogen) atoms. The summed E-state index contributed by atoms with van der Waals surface area (Å²) < 4.78 is 5.52. The molecule has 4 nitrogen and oxygen atoms in total. The Hall–Kier alpha value is -1.26. The fraction of sp³-hybridized carbons (Fsp3) is 0.500. The highest BCUT2D eigenvalue weighted by atomic mass is 35.5. The highest BCUT2D eigenvalue weighted by Crippen LogP contribution is 2.27. The lowest BCUT2D eigenvalue weighted by Crippen LogP contribution is -2.21. The number of aliphatic hydroxyl groups excluding tert-OH is 1. The van der Waals surface area contributed by atoms with E-state index in [9.17, 15) is 9.90 Å². The molecule has 1 aromatic rings. The Morgan fingerprint density at radius 1 is 1.47 bits per heavy atom. The fourth-order valence-electron chi connectivity index (χ4n) is 1.52. The van der Waals surface area contributed by atoms with Gasteiger partial charge in [-0.1, -0.05) is 17.7 Å². The summed E-state index contributed by atoms with van der Waals surface area (Å²) in [5.74, 6) is 0.655. The molecule has 1 atom stereocenters. The van der Waals surface area contributed by atoms with E-state index >= 15 is 0 Å². The Balaban J connectivity index is 2.44. The predicted molar refractivity (Wildman–Crippen MR) is 75.5 cm³/mol. The van der Waals surface area contributed by atoms with Crippen molar-refractivity contribution in [2.75, 3.05) is 20.7 Å². The average molecular weight is 286 g/mol. The Kier molecular flexibility index (Phi) is 6.12. The van der Waals surface area contributed by atoms with Crippen LogP contribution in [0.15, 0.2) is 18.2 Å². The normalized spacial score (nSPS) is 12.1. The van der Waals surface area contributed by atoms with E-state index in [2.05, 4.69) is 0 Å². The van der Waals surface area contributed by atoms with E-state index in [0.717, 1.165) is 5.56 Å². The Labute approximate surface area is 118 Å². The molecule has 0 aromatic heterocycles. The van der Waals surface area contributed by atoms with E-state index < -0.39 is 6.10 Å². The van der Waals surface area contributed by atoms with Crippen molar-refractivity contribution in [3.05, 3.63) is 28.8 Å². The molecule has 1 amide bonds. The predicted octanol–water partition coefficient (Wildman–Crippen LogP) is 2.64. The van der Waals surface area contributed by atoms with E-state index in [1.54, 1.807) is 44.1 Å². The summed E-state index contributed by atoms with van der Waals surface area (Å²) in [6.45, 7) is 2.12. The molecule has 0 fully saturated rings. The first-order valence-corrected chi connectivity index (χ1v) is 6.60. The van der Waals surface area contributed by atoms with Gasteiger partial charge in [-0.2, -0.15) is 0 Å². The van der Waals surface area contributed by atoms with Gasteiger partial charge in [0, 0.05) is 20.5 Å². The van der Waals surface area contributed by atoms with Gasteiger partial charge in [-0.15, -0.1) is 0 Å². The number of amides is 1. The first-order chi connectivity index (χ1) is 8.91. The van der Waals surface area contributed by atoms with E-state index in [1.807, 2.05) is 0 Å². The van der Waals surface area contributed by atoms with Gasteiger partial charge in [-0.3, -0.25) is 4.79 Å². The Bertz CT molecular complexity index is 433. The fourth-order valence-corrected chi connectivity index (χ4v) is 1.77. The van der Waals surface area contributed by atoms with Crippen LogP contribution in [0.2, 0.25) is 5.02 Å². The smallest absolute Gasteiger partial charge is 0.222 e. The number of benzene rings is 1. The maximum Gasteiger partial charge on any atom is 0.222 e. The molecule has 5 heteroatoms. The minimum absolute atomic E-state index is 0.0825. The zero-order valence-corrected chi connectivity index (χ0v) is 12.3. The third kappa shape index (κ3) is 5.09. The van der Waals surface area contributed by atoms with Crippen molar-refractivity contribution in [3.8, 4) is 5.75 Å². The number of aliphatic hydroxyl groups is 1. The summed E-state index contributed by atoms with van der Waals surface area (Å²) in [7, 11) is 3.46. The van der Waals surface area contributed by atoms with Gasteiger partial charge in [0.1, 0.15) is 5.75 Å². The van der Waals surface area contributed by atoms with Crippen molar-refractivity contribution in [3.63, 3.8) is 0 Å². The highest BCUT2D eigenvalue weighted by Gasteiger charge is 2.07. The average Bonchev–Trinajstić information content (AvgIpc) is 2.35. The van der Waals surface area contributed by atoms with Gasteiger partial charge in [0.2, 0.25) is 5.91 Å². The quantitative estimate of drug-likeness (QED) is 0.818. The number of hydrogen-bond acceptors (Lipinski definition) is 3. The van der Waals surface area contributed by atoms with Crippen LogP contribution in [0.5, 0.6) is 5.75 Å². The summed E-state index contributed by atoms with van der Waals surface area (Å²) in [6, 6.07) is 5.20. The molecule has 0 aliphatic carbocycles. The van der Waals surface area contributed by atoms with Gasteiger partial charge >= 0.3 is 0 Å². The molecule has 0 saturated heterocycles. The van der Waals surface area contributed by atoms with Crippen LogP contribution in [0.25, 0.3) is 0 Å². The van der Waals surface area contributed by atoms with E-state index in [0.29, 0.717) is 30.2 Å². The molecule has 1 rings (SSSR count). The first-order valence-electron chi connectivity index (χ1n) is 6.22. The monoisotopic (exact) mass is 285 g/mol. The van der Waals surface area contributed by atoms with E-state index in [-0.39, 0.29) is 5.91 Å². The van der Waals surface area contributed by atoms with Crippen molar-refractivity contribution in [2.45, 2.75) is 25.9 Å². The number of carbonyl (C=O) groups excluding carboxylic acids is 1. The molecule has 0 heterocycles. The molecule has 106 valence electrons. The lowest BCUT2D eigenvalue weighted by atomic mass is 10.1. The van der Waals surface area contributed by atoms with Crippen molar-refractivity contribution in [1.82, 2.24) is 4.90 Å². The molecular formula is C14H20ClNO3. The van der Waals surface area contributed by atoms with Crippen LogP contribution in [-0.2, 0) is 4.79 Å². The minimum atomic E-state index is -0.552. The van der Waals surface area contributed by atoms with Gasteiger partial charge in [-0.25, -0.2) is 0 Å². The molecule has 0 radical (unpaired) electrons. The summed E-state index contributed by atoms with van der Waals surface area (Å²) in [6.07, 6.45) is 0.547. The van der Waals surface area contributed by atoms with Gasteiger partial charge in [0.25, 0.3) is 0 Å². The third-order valence-corrected chi connectivity index (χ3v) is 3.03. The van der Waals surface area contributed by atoms with Crippen molar-refractivity contribution < 1.29 is 14.6 Å². The van der Waals surface area contributed by atoms with Gasteiger partial charge in [-0.05, 0) is 31.0 Å². The molecule has 0 spiro atoms. The van der Waals surface area contributed by atoms with Crippen LogP contribution in [-0.4, -0.2) is 36.6 Å². The van der Waals surface area contributed by atoms with Crippen LogP contribution in [0.3, 0.4) is 0 Å². The SMILES string of the molecule is C[C@@H](O)c1ccc(OCCCC(=O)N(C)C)c(Cl)c1. The molecule has 0 bridgehead atoms. The van der Waals surface area contributed by atoms with Crippen LogP contribution in [0.1, 0.15) is 31.4 Å². The van der Waals surface area contributed by atoms with Crippen LogP contribution < -0.4 is 4.74 Å². The maximum atomic E-state index is 11.4. The van der Waals surface area contributed by atoms with Gasteiger partial charge in [0.15, 0.2) is 0 Å². The number of nitrogens with zero attached hydrogens (tertiary/aromatic N) is 1. The summed E-state index contributed by atoms with van der Waals surface area (Å²) in [5, 5.41) is 9.89. The van der Waals surface area contributed by atoms with E-state index in [4.69, 9.17) is 16.3 Å². The second-order valence-electron chi connectivity index (χ2n) is 4.61. The molecule has 0 unspecified atom stereocenters. The molecule has 1 N–H and O–H groups in total. The summed E-state index contributed by atoms with van der Waals surface area (Å²) in [5.41, 5.74) is 0.750. The molecule has 0 aliphatic heterocycles. The number of rotatable bonds is 6. The number of hydrogen-bond donors (Lipinski definition) is 1. The first kappa shape index (κ1) is 15.8. The standard InChI is InChI=1S/C14H20ClNO3/c1-10(17)11-6-7-13(12(15)9-11)19-8-4-5-14(18)16(2)3/h6-7,9-10,17H,4-5,8H2,1-3H3/t10-/m1/s1. The summed E-state index contributed by atoms with van der Waals surface area (Å²) in [4.78, 5) is 12.9. The lowest BCUT2D eigenvalue weighted by molar-refractivity contribution is -0.128. The van der Waals surface area contributed by atoms with Gasteiger partial charge in [0.05, 0.1) is 17.7 Å². The largest absolute Gasteiger partial charge is 0.492 e. The zero-order valence-electron chi connectivity index (χ0n) is 11.5. The van der Waals surface area contributed by atoms with Crippen molar-refractivity contribution >= 4 is 17.5 Å². The zero-order chi connectivity index (χ0) is 14.4. The number of halogens is 1. The number of ether oxygens (including phenoxy) is 1. The molecular weight excluding hydrogens is 266 g/mol. The van der Waals surface area contributed by atoms with Crippen LogP contribution in [0.4, 0.5) is 0 Å². The number of carbonyl (C=O) groups is 1. The lowest BCUT2D eigenvalue weighted by Gasteiger charge is -2.12. The summed E-state index contributed by atoms with van der Waals surface area (Å²) >= 11 is 6.05. The van der Waals surface area contributed by atoms with Crippen LogP contribution in [0, 0.1) is 0 Å². The molecule has 0 aliphatic rings. The Morgan fingerprint density at radius 3 is 2.68 bits per heavy atom. The minimum Gasteiger partial charge on any atom is -0.492 e. The van der Waals surface area contributed by atoms with Crippen molar-refractivity contribution in [2.24, 2.45) is 0 Å². The molecule has 1 aromatic carbocycles. The second-order valence-corrected chi connectivity index (χ2v) is 5.01. The molecule has 0 saturated carbocycles. The van der Waals surface area contributed by atoms with Crippen molar-refractivity contribution in [1.29, 1.82) is 0 Å². The highest BCUT2D eigenvalue weighted by molar-refractivity contribution is 6.32. The van der Waals surface area contributed by atoms with Crippen LogP contribution >= 0.6 is 11.6 Å². The third-order valence-electron chi connectivity index (χ3n) is 2.73.